The van der Waals surface area contributed by atoms with Crippen LogP contribution in [0.15, 0.2) is 30.3 Å². The lowest BCUT2D eigenvalue weighted by Crippen LogP contribution is -2.34. The van der Waals surface area contributed by atoms with Crippen molar-refractivity contribution in [2.24, 2.45) is 0 Å². The highest BCUT2D eigenvalue weighted by molar-refractivity contribution is 5.14. The average Bonchev–Trinajstić information content (AvgIpc) is 2.83. The lowest BCUT2D eigenvalue weighted by atomic mass is 10.2. The minimum absolute atomic E-state index is 0.347. The van der Waals surface area contributed by atoms with Crippen LogP contribution in [0, 0.1) is 0 Å². The Kier molecular flexibility index (Phi) is 4.37. The zero-order valence-corrected chi connectivity index (χ0v) is 10.1. The Labute approximate surface area is 98.2 Å². The molecular weight excluding hydrogens is 198 g/mol. The van der Waals surface area contributed by atoms with E-state index in [1.165, 1.54) is 24.8 Å². The van der Waals surface area contributed by atoms with Gasteiger partial charge in [-0.15, -0.1) is 0 Å². The Morgan fingerprint density at radius 1 is 1.31 bits per heavy atom. The fraction of sp³-hybridized carbons (Fsp3) is 0.571. The molecule has 0 radical (unpaired) electrons. The fourth-order valence-corrected chi connectivity index (χ4v) is 2.28. The minimum atomic E-state index is 0.347. The molecule has 1 unspecified atom stereocenters. The van der Waals surface area contributed by atoms with Gasteiger partial charge in [0, 0.05) is 19.7 Å². The fourth-order valence-electron chi connectivity index (χ4n) is 2.28. The molecule has 1 fully saturated rings. The van der Waals surface area contributed by atoms with Crippen LogP contribution in [0.2, 0.25) is 0 Å². The summed E-state index contributed by atoms with van der Waals surface area (Å²) in [7, 11) is 0. The molecule has 1 heterocycles. The summed E-state index contributed by atoms with van der Waals surface area (Å²) < 4.78 is 5.77. The first kappa shape index (κ1) is 11.6. The molecule has 0 aliphatic carbocycles. The Morgan fingerprint density at radius 2 is 2.12 bits per heavy atom. The largest absolute Gasteiger partial charge is 0.363 e. The highest BCUT2D eigenvalue weighted by atomic mass is 16.5. The monoisotopic (exact) mass is 219 g/mol. The van der Waals surface area contributed by atoms with Gasteiger partial charge in [0.1, 0.15) is 6.23 Å². The van der Waals surface area contributed by atoms with Crippen LogP contribution in [0.5, 0.6) is 0 Å². The lowest BCUT2D eigenvalue weighted by molar-refractivity contribution is -0.0247. The van der Waals surface area contributed by atoms with Crippen molar-refractivity contribution >= 4 is 0 Å². The van der Waals surface area contributed by atoms with Gasteiger partial charge in [-0.2, -0.15) is 0 Å². The van der Waals surface area contributed by atoms with E-state index in [1.54, 1.807) is 0 Å². The van der Waals surface area contributed by atoms with Gasteiger partial charge in [-0.25, -0.2) is 0 Å². The molecule has 1 saturated heterocycles. The van der Waals surface area contributed by atoms with E-state index in [9.17, 15) is 0 Å². The van der Waals surface area contributed by atoms with Gasteiger partial charge >= 0.3 is 0 Å². The molecule has 1 aromatic rings. The summed E-state index contributed by atoms with van der Waals surface area (Å²) in [4.78, 5) is 2.46. The molecule has 1 aromatic carbocycles. The van der Waals surface area contributed by atoms with Gasteiger partial charge in [0.05, 0.1) is 0 Å². The van der Waals surface area contributed by atoms with E-state index in [4.69, 9.17) is 4.74 Å². The van der Waals surface area contributed by atoms with Gasteiger partial charge < -0.3 is 4.74 Å². The van der Waals surface area contributed by atoms with E-state index in [-0.39, 0.29) is 0 Å². The van der Waals surface area contributed by atoms with Gasteiger partial charge in [-0.1, -0.05) is 37.3 Å². The third-order valence-corrected chi connectivity index (χ3v) is 3.05. The number of ether oxygens (including phenoxy) is 1. The first-order chi connectivity index (χ1) is 7.90. The zero-order valence-electron chi connectivity index (χ0n) is 10.1. The average molecular weight is 219 g/mol. The molecule has 2 nitrogen and oxygen atoms in total. The SMILES string of the molecule is CCCN(Cc1ccccc1)C1CCCO1. The van der Waals surface area contributed by atoms with E-state index >= 15 is 0 Å². The van der Waals surface area contributed by atoms with Crippen molar-refractivity contribution in [3.05, 3.63) is 35.9 Å². The summed E-state index contributed by atoms with van der Waals surface area (Å²) in [5.74, 6) is 0. The molecule has 1 atom stereocenters. The Hall–Kier alpha value is -0.860. The Balaban J connectivity index is 1.96. The maximum Gasteiger partial charge on any atom is 0.110 e. The van der Waals surface area contributed by atoms with E-state index < -0.39 is 0 Å². The number of hydrogen-bond donors (Lipinski definition) is 0. The van der Waals surface area contributed by atoms with Crippen LogP contribution in [0.3, 0.4) is 0 Å². The van der Waals surface area contributed by atoms with Gasteiger partial charge in [-0.3, -0.25) is 4.90 Å². The van der Waals surface area contributed by atoms with E-state index in [1.807, 2.05) is 0 Å². The topological polar surface area (TPSA) is 12.5 Å². The van der Waals surface area contributed by atoms with Crippen LogP contribution in [-0.4, -0.2) is 24.3 Å². The predicted octanol–water partition coefficient (Wildman–Crippen LogP) is 3.04. The smallest absolute Gasteiger partial charge is 0.110 e. The maximum absolute atomic E-state index is 5.77. The summed E-state index contributed by atoms with van der Waals surface area (Å²) in [5.41, 5.74) is 1.38. The van der Waals surface area contributed by atoms with Crippen LogP contribution in [0.1, 0.15) is 31.7 Å². The van der Waals surface area contributed by atoms with Crippen molar-refractivity contribution < 1.29 is 4.74 Å². The highest BCUT2D eigenvalue weighted by Crippen LogP contribution is 2.19. The van der Waals surface area contributed by atoms with E-state index in [2.05, 4.69) is 42.2 Å². The molecule has 1 aliphatic rings. The molecule has 0 spiro atoms. The van der Waals surface area contributed by atoms with Crippen molar-refractivity contribution in [3.63, 3.8) is 0 Å². The normalized spacial score (nSPS) is 20.5. The van der Waals surface area contributed by atoms with Gasteiger partial charge in [0.25, 0.3) is 0 Å². The minimum Gasteiger partial charge on any atom is -0.363 e. The summed E-state index contributed by atoms with van der Waals surface area (Å²) in [6.07, 6.45) is 3.93. The van der Waals surface area contributed by atoms with Crippen molar-refractivity contribution in [2.75, 3.05) is 13.2 Å². The predicted molar refractivity (Wildman–Crippen MR) is 66.1 cm³/mol. The third-order valence-electron chi connectivity index (χ3n) is 3.05. The summed E-state index contributed by atoms with van der Waals surface area (Å²) >= 11 is 0. The molecule has 2 heteroatoms. The van der Waals surface area contributed by atoms with Gasteiger partial charge in [0.2, 0.25) is 0 Å². The second-order valence-corrected chi connectivity index (χ2v) is 4.42. The first-order valence-corrected chi connectivity index (χ1v) is 6.29. The molecule has 16 heavy (non-hydrogen) atoms. The maximum atomic E-state index is 5.77. The zero-order chi connectivity index (χ0) is 11.2. The molecule has 0 N–H and O–H groups in total. The Bertz CT molecular complexity index is 293. The molecule has 0 aromatic heterocycles. The lowest BCUT2D eigenvalue weighted by Gasteiger charge is -2.27. The molecule has 1 aliphatic heterocycles. The molecule has 2 rings (SSSR count). The van der Waals surface area contributed by atoms with Crippen LogP contribution in [0.4, 0.5) is 0 Å². The molecule has 0 saturated carbocycles. The Morgan fingerprint density at radius 3 is 2.75 bits per heavy atom. The molecule has 0 bridgehead atoms. The highest BCUT2D eigenvalue weighted by Gasteiger charge is 2.22. The number of hydrogen-bond acceptors (Lipinski definition) is 2. The van der Waals surface area contributed by atoms with Crippen molar-refractivity contribution in [2.45, 2.75) is 39.0 Å². The number of rotatable bonds is 5. The quantitative estimate of drug-likeness (QED) is 0.754. The van der Waals surface area contributed by atoms with Crippen LogP contribution in [0.25, 0.3) is 0 Å². The van der Waals surface area contributed by atoms with Crippen molar-refractivity contribution in [3.8, 4) is 0 Å². The first-order valence-electron chi connectivity index (χ1n) is 6.29. The van der Waals surface area contributed by atoms with Gasteiger partial charge in [0.15, 0.2) is 0 Å². The summed E-state index contributed by atoms with van der Waals surface area (Å²) in [5, 5.41) is 0. The second-order valence-electron chi connectivity index (χ2n) is 4.42. The summed E-state index contributed by atoms with van der Waals surface area (Å²) in [6, 6.07) is 10.7. The van der Waals surface area contributed by atoms with Crippen LogP contribution < -0.4 is 0 Å². The van der Waals surface area contributed by atoms with E-state index in [0.29, 0.717) is 6.23 Å². The van der Waals surface area contributed by atoms with Crippen LogP contribution >= 0.6 is 0 Å². The molecule has 88 valence electrons. The number of benzene rings is 1. The van der Waals surface area contributed by atoms with Crippen molar-refractivity contribution in [1.82, 2.24) is 4.90 Å². The summed E-state index contributed by atoms with van der Waals surface area (Å²) in [6.45, 7) is 5.30. The molecular formula is C14H21NO. The van der Waals surface area contributed by atoms with Gasteiger partial charge in [-0.05, 0) is 24.8 Å². The standard InChI is InChI=1S/C14H21NO/c1-2-10-15(14-9-6-11-16-14)12-13-7-4-3-5-8-13/h3-5,7-8,14H,2,6,9-12H2,1H3. The number of nitrogens with zero attached hydrogens (tertiary/aromatic N) is 1. The van der Waals surface area contributed by atoms with E-state index in [0.717, 1.165) is 19.7 Å². The third kappa shape index (κ3) is 3.06. The van der Waals surface area contributed by atoms with Crippen molar-refractivity contribution in [1.29, 1.82) is 0 Å². The molecule has 0 amide bonds. The second kappa shape index (κ2) is 6.02. The van der Waals surface area contributed by atoms with Crippen LogP contribution in [-0.2, 0) is 11.3 Å².